The van der Waals surface area contributed by atoms with Gasteiger partial charge in [-0.05, 0) is 55.8 Å². The minimum absolute atomic E-state index is 0.169. The van der Waals surface area contributed by atoms with Crippen LogP contribution in [-0.4, -0.2) is 65.6 Å². The van der Waals surface area contributed by atoms with E-state index in [4.69, 9.17) is 4.74 Å². The Morgan fingerprint density at radius 1 is 1.19 bits per heavy atom. The van der Waals surface area contributed by atoms with Crippen molar-refractivity contribution in [1.82, 2.24) is 9.80 Å². The Bertz CT molecular complexity index is 562. The highest BCUT2D eigenvalue weighted by atomic mass is 32.2. The first-order valence-electron chi connectivity index (χ1n) is 10.0. The number of hydrogen-bond donors (Lipinski definition) is 0. The van der Waals surface area contributed by atoms with Crippen LogP contribution in [0.3, 0.4) is 0 Å². The molecule has 1 aromatic carbocycles. The van der Waals surface area contributed by atoms with Crippen molar-refractivity contribution in [3.63, 3.8) is 0 Å². The van der Waals surface area contributed by atoms with Gasteiger partial charge in [0.25, 0.3) is 5.91 Å². The van der Waals surface area contributed by atoms with Gasteiger partial charge >= 0.3 is 0 Å². The van der Waals surface area contributed by atoms with E-state index in [-0.39, 0.29) is 12.0 Å². The summed E-state index contributed by atoms with van der Waals surface area (Å²) >= 11 is 1.96. The third-order valence-corrected chi connectivity index (χ3v) is 6.68. The molecule has 5 heteroatoms. The molecule has 3 rings (SSSR count). The van der Waals surface area contributed by atoms with Crippen LogP contribution in [0.4, 0.5) is 0 Å². The summed E-state index contributed by atoms with van der Waals surface area (Å²) in [7, 11) is 0. The van der Waals surface area contributed by atoms with Gasteiger partial charge in [0.05, 0.1) is 6.10 Å². The second-order valence-electron chi connectivity index (χ2n) is 7.27. The van der Waals surface area contributed by atoms with Gasteiger partial charge in [0.1, 0.15) is 0 Å². The van der Waals surface area contributed by atoms with Gasteiger partial charge < -0.3 is 9.64 Å². The van der Waals surface area contributed by atoms with E-state index in [1.807, 2.05) is 23.9 Å². The third kappa shape index (κ3) is 5.02. The highest BCUT2D eigenvalue weighted by molar-refractivity contribution is 7.99. The molecule has 0 aromatic heterocycles. The molecular formula is C21H32N2O2S. The maximum Gasteiger partial charge on any atom is 0.254 e. The molecule has 0 saturated carbocycles. The number of hydrogen-bond acceptors (Lipinski definition) is 4. The molecule has 2 atom stereocenters. The van der Waals surface area contributed by atoms with Crippen LogP contribution < -0.4 is 0 Å². The second-order valence-corrected chi connectivity index (χ2v) is 8.42. The predicted molar refractivity (Wildman–Crippen MR) is 109 cm³/mol. The van der Waals surface area contributed by atoms with E-state index in [0.717, 1.165) is 69.1 Å². The zero-order valence-electron chi connectivity index (χ0n) is 16.2. The second kappa shape index (κ2) is 9.77. The Balaban J connectivity index is 1.68. The van der Waals surface area contributed by atoms with E-state index >= 15 is 0 Å². The molecule has 26 heavy (non-hydrogen) atoms. The van der Waals surface area contributed by atoms with E-state index in [9.17, 15) is 4.79 Å². The lowest BCUT2D eigenvalue weighted by atomic mass is 10.1. The smallest absolute Gasteiger partial charge is 0.254 e. The summed E-state index contributed by atoms with van der Waals surface area (Å²) < 4.78 is 5.81. The number of thioether (sulfide) groups is 1. The number of carbonyl (C=O) groups excluding carboxylic acids is 1. The molecule has 1 aromatic rings. The topological polar surface area (TPSA) is 32.8 Å². The summed E-state index contributed by atoms with van der Waals surface area (Å²) in [4.78, 5) is 17.7. The average Bonchev–Trinajstić information content (AvgIpc) is 3.38. The van der Waals surface area contributed by atoms with Crippen molar-refractivity contribution in [1.29, 1.82) is 0 Å². The van der Waals surface area contributed by atoms with Gasteiger partial charge in [0.15, 0.2) is 0 Å². The number of rotatable bonds is 8. The van der Waals surface area contributed by atoms with Crippen LogP contribution in [0.15, 0.2) is 24.3 Å². The average molecular weight is 377 g/mol. The molecule has 2 aliphatic rings. The summed E-state index contributed by atoms with van der Waals surface area (Å²) in [5, 5.41) is 0. The Morgan fingerprint density at radius 3 is 2.54 bits per heavy atom. The number of carbonyl (C=O) groups is 1. The van der Waals surface area contributed by atoms with Gasteiger partial charge in [0, 0.05) is 37.1 Å². The molecule has 2 heterocycles. The highest BCUT2D eigenvalue weighted by Gasteiger charge is 2.31. The Kier molecular flexibility index (Phi) is 7.41. The summed E-state index contributed by atoms with van der Waals surface area (Å²) in [6.45, 7) is 8.99. The van der Waals surface area contributed by atoms with E-state index in [2.05, 4.69) is 35.8 Å². The molecule has 2 unspecified atom stereocenters. The first-order valence-corrected chi connectivity index (χ1v) is 11.2. The van der Waals surface area contributed by atoms with Crippen molar-refractivity contribution in [3.8, 4) is 0 Å². The fraction of sp³-hybridized carbons (Fsp3) is 0.667. The fourth-order valence-corrected chi connectivity index (χ4v) is 5.02. The molecule has 1 amide bonds. The lowest BCUT2D eigenvalue weighted by Gasteiger charge is -2.31. The SMILES string of the molecule is CCN(CC)Cc1ccc(C(=O)N(CC2CCCO2)C2CCSC2)cc1. The standard InChI is InChI=1S/C21H32N2O2S/c1-3-22(4-2)14-17-7-9-18(10-8-17)21(24)23(19-11-13-26-16-19)15-20-6-5-12-25-20/h7-10,19-20H,3-6,11-16H2,1-2H3. The molecule has 0 radical (unpaired) electrons. The lowest BCUT2D eigenvalue weighted by Crippen LogP contribution is -2.44. The maximum absolute atomic E-state index is 13.2. The minimum atomic E-state index is 0.169. The summed E-state index contributed by atoms with van der Waals surface area (Å²) in [6, 6.07) is 8.59. The molecule has 4 nitrogen and oxygen atoms in total. The third-order valence-electron chi connectivity index (χ3n) is 5.53. The molecule has 2 aliphatic heterocycles. The van der Waals surface area contributed by atoms with Crippen molar-refractivity contribution in [3.05, 3.63) is 35.4 Å². The molecule has 144 valence electrons. The van der Waals surface area contributed by atoms with Crippen LogP contribution in [0.2, 0.25) is 0 Å². The van der Waals surface area contributed by atoms with E-state index in [0.29, 0.717) is 6.04 Å². The van der Waals surface area contributed by atoms with Crippen molar-refractivity contribution in [2.24, 2.45) is 0 Å². The van der Waals surface area contributed by atoms with Crippen molar-refractivity contribution < 1.29 is 9.53 Å². The summed E-state index contributed by atoms with van der Waals surface area (Å²) in [6.07, 6.45) is 3.51. The van der Waals surface area contributed by atoms with E-state index in [1.165, 1.54) is 5.56 Å². The van der Waals surface area contributed by atoms with Gasteiger partial charge in [-0.3, -0.25) is 9.69 Å². The van der Waals surface area contributed by atoms with Crippen molar-refractivity contribution in [2.75, 3.05) is 37.7 Å². The normalized spacial score (nSPS) is 22.9. The molecule has 0 aliphatic carbocycles. The Labute approximate surface area is 162 Å². The monoisotopic (exact) mass is 376 g/mol. The Hall–Kier alpha value is -1.04. The zero-order chi connectivity index (χ0) is 18.4. The van der Waals surface area contributed by atoms with E-state index < -0.39 is 0 Å². The largest absolute Gasteiger partial charge is 0.376 e. The van der Waals surface area contributed by atoms with Gasteiger partial charge in [-0.15, -0.1) is 0 Å². The minimum Gasteiger partial charge on any atom is -0.376 e. The predicted octanol–water partition coefficient (Wildman–Crippen LogP) is 3.66. The number of amides is 1. The van der Waals surface area contributed by atoms with E-state index in [1.54, 1.807) is 0 Å². The maximum atomic E-state index is 13.2. The Morgan fingerprint density at radius 2 is 1.96 bits per heavy atom. The zero-order valence-corrected chi connectivity index (χ0v) is 17.0. The molecule has 0 bridgehead atoms. The van der Waals surface area contributed by atoms with Crippen LogP contribution in [-0.2, 0) is 11.3 Å². The van der Waals surface area contributed by atoms with Gasteiger partial charge in [0.2, 0.25) is 0 Å². The van der Waals surface area contributed by atoms with Crippen molar-refractivity contribution in [2.45, 2.75) is 51.8 Å². The van der Waals surface area contributed by atoms with Crippen LogP contribution >= 0.6 is 11.8 Å². The molecular weight excluding hydrogens is 344 g/mol. The van der Waals surface area contributed by atoms with Gasteiger partial charge in [-0.25, -0.2) is 0 Å². The summed E-state index contributed by atoms with van der Waals surface area (Å²) in [5.41, 5.74) is 2.08. The molecule has 2 saturated heterocycles. The molecule has 0 N–H and O–H groups in total. The fourth-order valence-electron chi connectivity index (χ4n) is 3.80. The molecule has 2 fully saturated rings. The van der Waals surface area contributed by atoms with Crippen LogP contribution in [0.5, 0.6) is 0 Å². The van der Waals surface area contributed by atoms with Crippen molar-refractivity contribution >= 4 is 17.7 Å². The van der Waals surface area contributed by atoms with Crippen LogP contribution in [0, 0.1) is 0 Å². The number of benzene rings is 1. The first-order chi connectivity index (χ1) is 12.7. The van der Waals surface area contributed by atoms with Gasteiger partial charge in [-0.1, -0.05) is 26.0 Å². The van der Waals surface area contributed by atoms with Gasteiger partial charge in [-0.2, -0.15) is 11.8 Å². The molecule has 0 spiro atoms. The lowest BCUT2D eigenvalue weighted by molar-refractivity contribution is 0.0442. The highest BCUT2D eigenvalue weighted by Crippen LogP contribution is 2.26. The van der Waals surface area contributed by atoms with Crippen LogP contribution in [0.1, 0.15) is 49.0 Å². The first kappa shape index (κ1) is 19.7. The number of ether oxygens (including phenoxy) is 1. The quantitative estimate of drug-likeness (QED) is 0.693. The summed E-state index contributed by atoms with van der Waals surface area (Å²) in [5.74, 6) is 2.38. The van der Waals surface area contributed by atoms with Crippen LogP contribution in [0.25, 0.3) is 0 Å². The number of nitrogens with zero attached hydrogens (tertiary/aromatic N) is 2.